The summed E-state index contributed by atoms with van der Waals surface area (Å²) < 4.78 is 5.14. The summed E-state index contributed by atoms with van der Waals surface area (Å²) in [6.45, 7) is 4.14. The van der Waals surface area contributed by atoms with E-state index in [2.05, 4.69) is 17.1 Å². The summed E-state index contributed by atoms with van der Waals surface area (Å²) in [5, 5.41) is 7.77. The molecule has 0 fully saturated rings. The first kappa shape index (κ1) is 11.2. The standard InChI is InChI=1S/C12H13N3O2/c1-2-8-3-4-10-9(7-8)12(15-17-10)14-6-5-11(13)16/h2-4,7H,1,5-6H2,(H2,13,16)(H,14,15). The Kier molecular flexibility index (Phi) is 3.09. The number of benzene rings is 1. The number of fused-ring (bicyclic) bond motifs is 1. The average molecular weight is 231 g/mol. The zero-order valence-electron chi connectivity index (χ0n) is 9.27. The molecule has 0 aliphatic heterocycles. The lowest BCUT2D eigenvalue weighted by Crippen LogP contribution is -2.15. The number of carbonyl (C=O) groups is 1. The fourth-order valence-electron chi connectivity index (χ4n) is 1.51. The summed E-state index contributed by atoms with van der Waals surface area (Å²) in [6, 6.07) is 5.65. The SMILES string of the molecule is C=Cc1ccc2onc(NCCC(N)=O)c2c1. The number of carbonyl (C=O) groups excluding carboxylic acids is 1. The van der Waals surface area contributed by atoms with Gasteiger partial charge in [-0.25, -0.2) is 0 Å². The molecule has 0 atom stereocenters. The number of nitrogens with zero attached hydrogens (tertiary/aromatic N) is 1. The lowest BCUT2D eigenvalue weighted by molar-refractivity contribution is -0.117. The second-order valence-corrected chi connectivity index (χ2v) is 3.63. The Bertz CT molecular complexity index is 560. The molecule has 2 aromatic rings. The van der Waals surface area contributed by atoms with Gasteiger partial charge in [0, 0.05) is 13.0 Å². The quantitative estimate of drug-likeness (QED) is 0.821. The molecule has 0 spiro atoms. The van der Waals surface area contributed by atoms with Gasteiger partial charge in [-0.15, -0.1) is 0 Å². The molecule has 0 aliphatic rings. The number of rotatable bonds is 5. The predicted molar refractivity (Wildman–Crippen MR) is 66.4 cm³/mol. The van der Waals surface area contributed by atoms with Crippen molar-refractivity contribution in [2.45, 2.75) is 6.42 Å². The molecule has 17 heavy (non-hydrogen) atoms. The third-order valence-corrected chi connectivity index (χ3v) is 2.39. The third kappa shape index (κ3) is 2.44. The molecule has 3 N–H and O–H groups in total. The van der Waals surface area contributed by atoms with Gasteiger partial charge in [-0.05, 0) is 17.7 Å². The van der Waals surface area contributed by atoms with Crippen LogP contribution in [0.3, 0.4) is 0 Å². The number of aromatic nitrogens is 1. The van der Waals surface area contributed by atoms with Crippen LogP contribution in [0.4, 0.5) is 5.82 Å². The van der Waals surface area contributed by atoms with Gasteiger partial charge in [-0.2, -0.15) is 0 Å². The van der Waals surface area contributed by atoms with E-state index in [1.54, 1.807) is 6.08 Å². The van der Waals surface area contributed by atoms with Crippen LogP contribution in [0.2, 0.25) is 0 Å². The predicted octanol–water partition coefficient (Wildman–Crippen LogP) is 1.76. The minimum Gasteiger partial charge on any atom is -0.370 e. The smallest absolute Gasteiger partial charge is 0.219 e. The largest absolute Gasteiger partial charge is 0.370 e. The van der Waals surface area contributed by atoms with E-state index in [4.69, 9.17) is 10.3 Å². The number of hydrogen-bond donors (Lipinski definition) is 2. The summed E-state index contributed by atoms with van der Waals surface area (Å²) in [4.78, 5) is 10.6. The van der Waals surface area contributed by atoms with Crippen LogP contribution in [-0.4, -0.2) is 17.6 Å². The molecule has 1 amide bonds. The van der Waals surface area contributed by atoms with Gasteiger partial charge in [0.05, 0.1) is 5.39 Å². The molecule has 1 heterocycles. The molecule has 0 aliphatic carbocycles. The van der Waals surface area contributed by atoms with Crippen LogP contribution in [0.25, 0.3) is 17.0 Å². The maximum absolute atomic E-state index is 10.6. The van der Waals surface area contributed by atoms with Crippen LogP contribution < -0.4 is 11.1 Å². The van der Waals surface area contributed by atoms with Crippen molar-refractivity contribution in [2.75, 3.05) is 11.9 Å². The van der Waals surface area contributed by atoms with Crippen LogP contribution in [0.15, 0.2) is 29.3 Å². The van der Waals surface area contributed by atoms with Crippen LogP contribution in [0.1, 0.15) is 12.0 Å². The first-order valence-electron chi connectivity index (χ1n) is 5.25. The van der Waals surface area contributed by atoms with Crippen molar-refractivity contribution in [3.05, 3.63) is 30.3 Å². The van der Waals surface area contributed by atoms with E-state index in [1.165, 1.54) is 0 Å². The van der Waals surface area contributed by atoms with Gasteiger partial charge in [0.15, 0.2) is 11.4 Å². The van der Waals surface area contributed by atoms with E-state index in [0.29, 0.717) is 17.9 Å². The van der Waals surface area contributed by atoms with E-state index in [1.807, 2.05) is 18.2 Å². The first-order valence-corrected chi connectivity index (χ1v) is 5.25. The number of primary amides is 1. The van der Waals surface area contributed by atoms with E-state index in [-0.39, 0.29) is 12.3 Å². The summed E-state index contributed by atoms with van der Waals surface area (Å²) in [5.74, 6) is 0.266. The molecule has 2 rings (SSSR count). The van der Waals surface area contributed by atoms with E-state index >= 15 is 0 Å². The fourth-order valence-corrected chi connectivity index (χ4v) is 1.51. The lowest BCUT2D eigenvalue weighted by atomic mass is 10.1. The Morgan fingerprint density at radius 2 is 2.41 bits per heavy atom. The van der Waals surface area contributed by atoms with Crippen molar-refractivity contribution >= 4 is 28.8 Å². The van der Waals surface area contributed by atoms with E-state index < -0.39 is 0 Å². The van der Waals surface area contributed by atoms with Crippen LogP contribution in [-0.2, 0) is 4.79 Å². The van der Waals surface area contributed by atoms with Gasteiger partial charge in [-0.3, -0.25) is 4.79 Å². The van der Waals surface area contributed by atoms with Crippen molar-refractivity contribution < 1.29 is 9.32 Å². The number of nitrogens with one attached hydrogen (secondary N) is 1. The Labute approximate surface area is 98.3 Å². The van der Waals surface area contributed by atoms with Gasteiger partial charge in [0.1, 0.15) is 0 Å². The normalized spacial score (nSPS) is 10.4. The summed E-state index contributed by atoms with van der Waals surface area (Å²) >= 11 is 0. The highest BCUT2D eigenvalue weighted by atomic mass is 16.5. The Morgan fingerprint density at radius 3 is 3.12 bits per heavy atom. The van der Waals surface area contributed by atoms with Crippen molar-refractivity contribution in [1.29, 1.82) is 0 Å². The van der Waals surface area contributed by atoms with E-state index in [9.17, 15) is 4.79 Å². The van der Waals surface area contributed by atoms with Crippen molar-refractivity contribution in [3.8, 4) is 0 Å². The van der Waals surface area contributed by atoms with Crippen LogP contribution in [0, 0.1) is 0 Å². The Morgan fingerprint density at radius 1 is 1.59 bits per heavy atom. The minimum absolute atomic E-state index is 0.259. The van der Waals surface area contributed by atoms with Gasteiger partial charge < -0.3 is 15.6 Å². The Hall–Kier alpha value is -2.30. The molecule has 0 radical (unpaired) electrons. The second kappa shape index (κ2) is 4.69. The van der Waals surface area contributed by atoms with Crippen molar-refractivity contribution in [2.24, 2.45) is 5.73 Å². The zero-order chi connectivity index (χ0) is 12.3. The van der Waals surface area contributed by atoms with Gasteiger partial charge in [0.2, 0.25) is 5.91 Å². The second-order valence-electron chi connectivity index (χ2n) is 3.63. The Balaban J connectivity index is 2.21. The van der Waals surface area contributed by atoms with Crippen LogP contribution in [0.5, 0.6) is 0 Å². The molecular weight excluding hydrogens is 218 g/mol. The number of nitrogens with two attached hydrogens (primary N) is 1. The van der Waals surface area contributed by atoms with Crippen molar-refractivity contribution in [3.63, 3.8) is 0 Å². The number of amides is 1. The summed E-state index contributed by atoms with van der Waals surface area (Å²) in [7, 11) is 0. The average Bonchev–Trinajstić information content (AvgIpc) is 2.71. The van der Waals surface area contributed by atoms with Crippen molar-refractivity contribution in [1.82, 2.24) is 5.16 Å². The minimum atomic E-state index is -0.350. The van der Waals surface area contributed by atoms with Crippen LogP contribution >= 0.6 is 0 Å². The molecule has 5 nitrogen and oxygen atoms in total. The molecule has 1 aromatic heterocycles. The highest BCUT2D eigenvalue weighted by Gasteiger charge is 2.07. The molecule has 0 unspecified atom stereocenters. The van der Waals surface area contributed by atoms with Gasteiger partial charge >= 0.3 is 0 Å². The molecule has 5 heteroatoms. The number of anilines is 1. The number of hydrogen-bond acceptors (Lipinski definition) is 4. The molecule has 0 saturated carbocycles. The van der Waals surface area contributed by atoms with E-state index in [0.717, 1.165) is 10.9 Å². The molecule has 0 saturated heterocycles. The topological polar surface area (TPSA) is 81.2 Å². The molecule has 1 aromatic carbocycles. The fraction of sp³-hybridized carbons (Fsp3) is 0.167. The monoisotopic (exact) mass is 231 g/mol. The highest BCUT2D eigenvalue weighted by molar-refractivity contribution is 5.89. The van der Waals surface area contributed by atoms with Gasteiger partial charge in [-0.1, -0.05) is 23.9 Å². The highest BCUT2D eigenvalue weighted by Crippen LogP contribution is 2.24. The van der Waals surface area contributed by atoms with Gasteiger partial charge in [0.25, 0.3) is 0 Å². The maximum atomic E-state index is 10.6. The summed E-state index contributed by atoms with van der Waals surface area (Å²) in [6.07, 6.45) is 2.01. The molecule has 88 valence electrons. The maximum Gasteiger partial charge on any atom is 0.219 e. The first-order chi connectivity index (χ1) is 8.20. The molecular formula is C12H13N3O2. The summed E-state index contributed by atoms with van der Waals surface area (Å²) in [5.41, 5.74) is 6.73. The molecule has 0 bridgehead atoms. The zero-order valence-corrected chi connectivity index (χ0v) is 9.27. The lowest BCUT2D eigenvalue weighted by Gasteiger charge is -2.00. The third-order valence-electron chi connectivity index (χ3n) is 2.39.